The first-order valence-corrected chi connectivity index (χ1v) is 9.50. The highest BCUT2D eigenvalue weighted by molar-refractivity contribution is 6.05. The number of hydrogen-bond acceptors (Lipinski definition) is 3. The van der Waals surface area contributed by atoms with Crippen LogP contribution in [0.4, 0.5) is 10.1 Å². The predicted octanol–water partition coefficient (Wildman–Crippen LogP) is 3.63. The molecule has 2 amide bonds. The molecule has 6 nitrogen and oxygen atoms in total. The van der Waals surface area contributed by atoms with E-state index in [1.54, 1.807) is 16.5 Å². The van der Waals surface area contributed by atoms with Crippen molar-refractivity contribution in [1.82, 2.24) is 14.7 Å². The number of fused-ring (bicyclic) bond motifs is 1. The van der Waals surface area contributed by atoms with E-state index >= 15 is 0 Å². The van der Waals surface area contributed by atoms with E-state index in [2.05, 4.69) is 10.4 Å². The van der Waals surface area contributed by atoms with Gasteiger partial charge in [-0.15, -0.1) is 0 Å². The number of hydrogen-bond donors (Lipinski definition) is 1. The average molecular weight is 392 g/mol. The maximum Gasteiger partial charge on any atom is 0.276 e. The van der Waals surface area contributed by atoms with Crippen molar-refractivity contribution in [3.63, 3.8) is 0 Å². The molecule has 0 aliphatic carbocycles. The van der Waals surface area contributed by atoms with Crippen molar-refractivity contribution in [2.24, 2.45) is 0 Å². The van der Waals surface area contributed by atoms with Crippen LogP contribution in [0, 0.1) is 12.7 Å². The van der Waals surface area contributed by atoms with Crippen molar-refractivity contribution in [2.45, 2.75) is 26.4 Å². The van der Waals surface area contributed by atoms with Crippen LogP contribution in [0.5, 0.6) is 0 Å². The Labute approximate surface area is 167 Å². The summed E-state index contributed by atoms with van der Waals surface area (Å²) in [4.78, 5) is 27.4. The van der Waals surface area contributed by atoms with Crippen LogP contribution in [0.1, 0.15) is 38.5 Å². The zero-order chi connectivity index (χ0) is 20.4. The SMILES string of the molecule is Cc1cc(F)ccc1NC(=O)c1cc2n(n1)CCCN(Cc1ccccc1)C2=O. The quantitative estimate of drug-likeness (QED) is 0.737. The van der Waals surface area contributed by atoms with Crippen molar-refractivity contribution in [1.29, 1.82) is 0 Å². The lowest BCUT2D eigenvalue weighted by atomic mass is 10.2. The number of aryl methyl sites for hydroxylation is 2. The number of carbonyl (C=O) groups is 2. The maximum absolute atomic E-state index is 13.3. The Hall–Kier alpha value is -3.48. The van der Waals surface area contributed by atoms with Crippen LogP contribution in [0.3, 0.4) is 0 Å². The summed E-state index contributed by atoms with van der Waals surface area (Å²) in [5.41, 5.74) is 2.75. The van der Waals surface area contributed by atoms with Crippen molar-refractivity contribution < 1.29 is 14.0 Å². The molecule has 2 heterocycles. The topological polar surface area (TPSA) is 67.2 Å². The van der Waals surface area contributed by atoms with E-state index in [0.29, 0.717) is 36.6 Å². The highest BCUT2D eigenvalue weighted by Gasteiger charge is 2.26. The van der Waals surface area contributed by atoms with Crippen molar-refractivity contribution in [3.8, 4) is 0 Å². The lowest BCUT2D eigenvalue weighted by Crippen LogP contribution is -2.30. The largest absolute Gasteiger partial charge is 0.333 e. The van der Waals surface area contributed by atoms with Crippen LogP contribution in [0.15, 0.2) is 54.6 Å². The van der Waals surface area contributed by atoms with E-state index in [-0.39, 0.29) is 17.4 Å². The van der Waals surface area contributed by atoms with Gasteiger partial charge in [-0.1, -0.05) is 30.3 Å². The molecule has 0 radical (unpaired) electrons. The maximum atomic E-state index is 13.3. The third-order valence-electron chi connectivity index (χ3n) is 4.97. The van der Waals surface area contributed by atoms with Crippen LogP contribution in [-0.4, -0.2) is 33.0 Å². The van der Waals surface area contributed by atoms with Gasteiger partial charge >= 0.3 is 0 Å². The van der Waals surface area contributed by atoms with E-state index in [9.17, 15) is 14.0 Å². The molecule has 1 N–H and O–H groups in total. The fourth-order valence-electron chi connectivity index (χ4n) is 3.45. The summed E-state index contributed by atoms with van der Waals surface area (Å²) in [7, 11) is 0. The molecule has 0 bridgehead atoms. The zero-order valence-corrected chi connectivity index (χ0v) is 16.1. The molecule has 1 aliphatic rings. The van der Waals surface area contributed by atoms with Crippen LogP contribution >= 0.6 is 0 Å². The number of nitrogens with zero attached hydrogens (tertiary/aromatic N) is 3. The fraction of sp³-hybridized carbons (Fsp3) is 0.227. The van der Waals surface area contributed by atoms with Gasteiger partial charge in [-0.2, -0.15) is 5.10 Å². The summed E-state index contributed by atoms with van der Waals surface area (Å²) in [5, 5.41) is 7.07. The lowest BCUT2D eigenvalue weighted by Gasteiger charge is -2.20. The van der Waals surface area contributed by atoms with Crippen LogP contribution in [-0.2, 0) is 13.1 Å². The number of carbonyl (C=O) groups excluding carboxylic acids is 2. The van der Waals surface area contributed by atoms with E-state index in [1.165, 1.54) is 24.3 Å². The van der Waals surface area contributed by atoms with Gasteiger partial charge in [0.05, 0.1) is 0 Å². The van der Waals surface area contributed by atoms with Gasteiger partial charge < -0.3 is 10.2 Å². The lowest BCUT2D eigenvalue weighted by molar-refractivity contribution is 0.0745. The molecular formula is C22H21FN4O2. The molecule has 0 spiro atoms. The Morgan fingerprint density at radius 3 is 2.69 bits per heavy atom. The van der Waals surface area contributed by atoms with Gasteiger partial charge in [0.2, 0.25) is 0 Å². The Balaban J connectivity index is 1.54. The Bertz CT molecular complexity index is 1060. The third kappa shape index (κ3) is 4.03. The molecule has 0 unspecified atom stereocenters. The fourth-order valence-corrected chi connectivity index (χ4v) is 3.45. The first kappa shape index (κ1) is 18.9. The highest BCUT2D eigenvalue weighted by atomic mass is 19.1. The summed E-state index contributed by atoms with van der Waals surface area (Å²) in [5.74, 6) is -0.933. The first-order valence-electron chi connectivity index (χ1n) is 9.50. The van der Waals surface area contributed by atoms with Crippen LogP contribution in [0.2, 0.25) is 0 Å². The normalized spacial score (nSPS) is 13.7. The number of aromatic nitrogens is 2. The molecule has 3 aromatic rings. The second-order valence-electron chi connectivity index (χ2n) is 7.12. The molecule has 7 heteroatoms. The van der Waals surface area contributed by atoms with E-state index < -0.39 is 5.91 Å². The number of rotatable bonds is 4. The summed E-state index contributed by atoms with van der Waals surface area (Å²) < 4.78 is 14.9. The zero-order valence-electron chi connectivity index (χ0n) is 16.1. The van der Waals surface area contributed by atoms with E-state index in [4.69, 9.17) is 0 Å². The molecule has 2 aromatic carbocycles. The number of amides is 2. The summed E-state index contributed by atoms with van der Waals surface area (Å²) in [6.45, 7) is 3.43. The van der Waals surface area contributed by atoms with E-state index in [1.807, 2.05) is 30.3 Å². The second-order valence-corrected chi connectivity index (χ2v) is 7.12. The molecule has 0 saturated carbocycles. The molecule has 0 saturated heterocycles. The Morgan fingerprint density at radius 2 is 1.93 bits per heavy atom. The number of halogens is 1. The summed E-state index contributed by atoms with van der Waals surface area (Å²) >= 11 is 0. The molecule has 4 rings (SSSR count). The minimum atomic E-state index is -0.428. The molecule has 0 fully saturated rings. The number of anilines is 1. The minimum Gasteiger partial charge on any atom is -0.333 e. The smallest absolute Gasteiger partial charge is 0.276 e. The molecule has 29 heavy (non-hydrogen) atoms. The predicted molar refractivity (Wildman–Crippen MR) is 107 cm³/mol. The summed E-state index contributed by atoms with van der Waals surface area (Å²) in [6, 6.07) is 15.5. The van der Waals surface area contributed by atoms with Crippen molar-refractivity contribution in [3.05, 3.63) is 82.9 Å². The molecule has 1 aliphatic heterocycles. The van der Waals surface area contributed by atoms with Gasteiger partial charge in [-0.25, -0.2) is 4.39 Å². The van der Waals surface area contributed by atoms with Gasteiger partial charge in [-0.3, -0.25) is 14.3 Å². The Morgan fingerprint density at radius 1 is 1.14 bits per heavy atom. The van der Waals surface area contributed by atoms with Crippen molar-refractivity contribution >= 4 is 17.5 Å². The van der Waals surface area contributed by atoms with Gasteiger partial charge in [0, 0.05) is 31.4 Å². The third-order valence-corrected chi connectivity index (χ3v) is 4.97. The van der Waals surface area contributed by atoms with E-state index in [0.717, 1.165) is 12.0 Å². The van der Waals surface area contributed by atoms with Crippen molar-refractivity contribution in [2.75, 3.05) is 11.9 Å². The first-order chi connectivity index (χ1) is 14.0. The summed E-state index contributed by atoms with van der Waals surface area (Å²) in [6.07, 6.45) is 0.755. The van der Waals surface area contributed by atoms with Crippen LogP contribution in [0.25, 0.3) is 0 Å². The van der Waals surface area contributed by atoms with Gasteiger partial charge in [0.15, 0.2) is 5.69 Å². The standard InChI is InChI=1S/C22H21FN4O2/c1-15-12-17(23)8-9-18(15)24-21(28)19-13-20-22(29)26(10-5-11-27(20)25-19)14-16-6-3-2-4-7-16/h2-4,6-9,12-13H,5,10-11,14H2,1H3,(H,24,28). The molecule has 148 valence electrons. The van der Waals surface area contributed by atoms with Gasteiger partial charge in [0.1, 0.15) is 11.5 Å². The average Bonchev–Trinajstić information content (AvgIpc) is 3.08. The van der Waals surface area contributed by atoms with Gasteiger partial charge in [0.25, 0.3) is 11.8 Å². The number of nitrogens with one attached hydrogen (secondary N) is 1. The van der Waals surface area contributed by atoms with Crippen LogP contribution < -0.4 is 5.32 Å². The monoisotopic (exact) mass is 392 g/mol. The molecule has 0 atom stereocenters. The second kappa shape index (κ2) is 7.87. The molecular weight excluding hydrogens is 371 g/mol. The number of benzene rings is 2. The highest BCUT2D eigenvalue weighted by Crippen LogP contribution is 2.19. The Kier molecular flexibility index (Phi) is 5.12. The van der Waals surface area contributed by atoms with Gasteiger partial charge in [-0.05, 0) is 42.7 Å². The minimum absolute atomic E-state index is 0.143. The molecule has 1 aromatic heterocycles.